The molecule has 2 nitrogen and oxygen atoms in total. The molecule has 2 heteroatoms. The van der Waals surface area contributed by atoms with Crippen molar-refractivity contribution in [1.29, 1.82) is 0 Å². The predicted octanol–water partition coefficient (Wildman–Crippen LogP) is 3.86. The van der Waals surface area contributed by atoms with Crippen molar-refractivity contribution in [2.24, 2.45) is 5.92 Å². The molecular formula is C16H23NO. The lowest BCUT2D eigenvalue weighted by atomic mass is 9.81. The van der Waals surface area contributed by atoms with Crippen LogP contribution in [-0.2, 0) is 4.79 Å². The van der Waals surface area contributed by atoms with Gasteiger partial charge in [0.1, 0.15) is 0 Å². The second-order valence-corrected chi connectivity index (χ2v) is 5.60. The lowest BCUT2D eigenvalue weighted by Gasteiger charge is -2.26. The Bertz CT molecular complexity index is 414. The normalized spacial score (nSPS) is 17.1. The smallest absolute Gasteiger partial charge is 0.154 e. The Kier molecular flexibility index (Phi) is 4.05. The summed E-state index contributed by atoms with van der Waals surface area (Å²) in [5.41, 5.74) is 3.53. The molecule has 1 N–H and O–H groups in total. The summed E-state index contributed by atoms with van der Waals surface area (Å²) in [6.07, 6.45) is 4.53. The van der Waals surface area contributed by atoms with Crippen LogP contribution in [0.15, 0.2) is 18.2 Å². The highest BCUT2D eigenvalue weighted by molar-refractivity contribution is 5.87. The molecule has 0 aliphatic heterocycles. The number of carbonyl (C=O) groups is 1. The number of Topliss-reactive ketones (excluding diaryl/α,β-unsaturated/α-hetero) is 1. The number of benzene rings is 1. The van der Waals surface area contributed by atoms with Crippen LogP contribution in [0.5, 0.6) is 0 Å². The summed E-state index contributed by atoms with van der Waals surface area (Å²) in [6.45, 7) is 6.14. The van der Waals surface area contributed by atoms with Crippen molar-refractivity contribution in [3.63, 3.8) is 0 Å². The second kappa shape index (κ2) is 5.55. The van der Waals surface area contributed by atoms with Crippen LogP contribution in [0.25, 0.3) is 0 Å². The molecule has 0 radical (unpaired) electrons. The molecule has 0 spiro atoms. The molecule has 0 unspecified atom stereocenters. The van der Waals surface area contributed by atoms with Gasteiger partial charge in [-0.25, -0.2) is 0 Å². The Morgan fingerprint density at radius 2 is 1.94 bits per heavy atom. The number of para-hydroxylation sites is 1. The lowest BCUT2D eigenvalue weighted by Crippen LogP contribution is -2.30. The topological polar surface area (TPSA) is 29.1 Å². The molecule has 98 valence electrons. The lowest BCUT2D eigenvalue weighted by molar-refractivity contribution is -0.120. The maximum absolute atomic E-state index is 12.1. The van der Waals surface area contributed by atoms with Gasteiger partial charge < -0.3 is 5.32 Å². The SMILES string of the molecule is Cc1cccc(C)c1N[C@H](C)C(=O)CC1CCC1. The van der Waals surface area contributed by atoms with Crippen LogP contribution in [0, 0.1) is 19.8 Å². The molecular weight excluding hydrogens is 222 g/mol. The van der Waals surface area contributed by atoms with E-state index in [1.165, 1.54) is 30.4 Å². The summed E-state index contributed by atoms with van der Waals surface area (Å²) < 4.78 is 0. The first-order valence-electron chi connectivity index (χ1n) is 6.93. The van der Waals surface area contributed by atoms with Gasteiger partial charge in [-0.2, -0.15) is 0 Å². The number of aryl methyl sites for hydroxylation is 2. The molecule has 1 aliphatic carbocycles. The van der Waals surface area contributed by atoms with E-state index in [4.69, 9.17) is 0 Å². The van der Waals surface area contributed by atoms with Crippen LogP contribution in [0.4, 0.5) is 5.69 Å². The highest BCUT2D eigenvalue weighted by Gasteiger charge is 2.23. The minimum Gasteiger partial charge on any atom is -0.375 e. The number of ketones is 1. The minimum absolute atomic E-state index is 0.0783. The fourth-order valence-corrected chi connectivity index (χ4v) is 2.50. The van der Waals surface area contributed by atoms with Crippen molar-refractivity contribution in [3.8, 4) is 0 Å². The third kappa shape index (κ3) is 2.92. The largest absolute Gasteiger partial charge is 0.375 e. The van der Waals surface area contributed by atoms with E-state index < -0.39 is 0 Å². The van der Waals surface area contributed by atoms with Gasteiger partial charge in [-0.3, -0.25) is 4.79 Å². The first-order valence-corrected chi connectivity index (χ1v) is 6.93. The van der Waals surface area contributed by atoms with Crippen LogP contribution in [-0.4, -0.2) is 11.8 Å². The van der Waals surface area contributed by atoms with E-state index in [-0.39, 0.29) is 6.04 Å². The van der Waals surface area contributed by atoms with Crippen LogP contribution < -0.4 is 5.32 Å². The van der Waals surface area contributed by atoms with E-state index in [1.807, 2.05) is 6.92 Å². The van der Waals surface area contributed by atoms with Crippen molar-refractivity contribution in [1.82, 2.24) is 0 Å². The van der Waals surface area contributed by atoms with E-state index in [1.54, 1.807) is 0 Å². The third-order valence-corrected chi connectivity index (χ3v) is 4.04. The number of anilines is 1. The number of nitrogens with one attached hydrogen (secondary N) is 1. The number of hydrogen-bond acceptors (Lipinski definition) is 2. The Hall–Kier alpha value is -1.31. The van der Waals surface area contributed by atoms with E-state index >= 15 is 0 Å². The Morgan fingerprint density at radius 1 is 1.33 bits per heavy atom. The first kappa shape index (κ1) is 13.1. The van der Waals surface area contributed by atoms with Crippen LogP contribution in [0.3, 0.4) is 0 Å². The van der Waals surface area contributed by atoms with Crippen molar-refractivity contribution in [2.75, 3.05) is 5.32 Å². The highest BCUT2D eigenvalue weighted by Crippen LogP contribution is 2.30. The molecule has 0 bridgehead atoms. The third-order valence-electron chi connectivity index (χ3n) is 4.04. The summed E-state index contributed by atoms with van der Waals surface area (Å²) >= 11 is 0. The van der Waals surface area contributed by atoms with Crippen LogP contribution >= 0.6 is 0 Å². The van der Waals surface area contributed by atoms with Crippen LogP contribution in [0.2, 0.25) is 0 Å². The maximum Gasteiger partial charge on any atom is 0.154 e. The van der Waals surface area contributed by atoms with Gasteiger partial charge in [0.15, 0.2) is 5.78 Å². The van der Waals surface area contributed by atoms with E-state index in [0.717, 1.165) is 12.1 Å². The number of carbonyl (C=O) groups excluding carboxylic acids is 1. The Morgan fingerprint density at radius 3 is 2.44 bits per heavy atom. The molecule has 1 aliphatic rings. The quantitative estimate of drug-likeness (QED) is 0.853. The molecule has 1 atom stereocenters. The van der Waals surface area contributed by atoms with Gasteiger partial charge in [0.2, 0.25) is 0 Å². The summed E-state index contributed by atoms with van der Waals surface area (Å²) in [5.74, 6) is 1.00. The molecule has 1 fully saturated rings. The van der Waals surface area contributed by atoms with Gasteiger partial charge >= 0.3 is 0 Å². The van der Waals surface area contributed by atoms with Crippen molar-refractivity contribution in [3.05, 3.63) is 29.3 Å². The number of rotatable bonds is 5. The van der Waals surface area contributed by atoms with Gasteiger partial charge in [-0.05, 0) is 37.8 Å². The Balaban J connectivity index is 1.97. The molecule has 1 saturated carbocycles. The fraction of sp³-hybridized carbons (Fsp3) is 0.562. The average Bonchev–Trinajstić information content (AvgIpc) is 2.28. The molecule has 1 aromatic rings. The van der Waals surface area contributed by atoms with Gasteiger partial charge in [-0.15, -0.1) is 0 Å². The monoisotopic (exact) mass is 245 g/mol. The highest BCUT2D eigenvalue weighted by atomic mass is 16.1. The zero-order chi connectivity index (χ0) is 13.1. The summed E-state index contributed by atoms with van der Waals surface area (Å²) in [5, 5.41) is 3.38. The Labute approximate surface area is 110 Å². The van der Waals surface area contributed by atoms with E-state index in [0.29, 0.717) is 11.7 Å². The average molecular weight is 245 g/mol. The standard InChI is InChI=1S/C16H23NO/c1-11-6-4-7-12(2)16(11)17-13(3)15(18)10-14-8-5-9-14/h4,6-7,13-14,17H,5,8-10H2,1-3H3/t13-/m1/s1. The summed E-state index contributed by atoms with van der Waals surface area (Å²) in [6, 6.07) is 6.14. The fourth-order valence-electron chi connectivity index (χ4n) is 2.50. The predicted molar refractivity (Wildman–Crippen MR) is 76.0 cm³/mol. The zero-order valence-corrected chi connectivity index (χ0v) is 11.6. The molecule has 0 aromatic heterocycles. The molecule has 1 aromatic carbocycles. The minimum atomic E-state index is -0.0783. The molecule has 0 saturated heterocycles. The van der Waals surface area contributed by atoms with Gasteiger partial charge in [0, 0.05) is 12.1 Å². The summed E-state index contributed by atoms with van der Waals surface area (Å²) in [4.78, 5) is 12.1. The van der Waals surface area contributed by atoms with Gasteiger partial charge in [0.05, 0.1) is 6.04 Å². The number of hydrogen-bond donors (Lipinski definition) is 1. The van der Waals surface area contributed by atoms with Crippen molar-refractivity contribution < 1.29 is 4.79 Å². The van der Waals surface area contributed by atoms with Crippen molar-refractivity contribution >= 4 is 11.5 Å². The second-order valence-electron chi connectivity index (χ2n) is 5.60. The molecule has 2 rings (SSSR count). The molecule has 18 heavy (non-hydrogen) atoms. The van der Waals surface area contributed by atoms with E-state index in [9.17, 15) is 4.79 Å². The van der Waals surface area contributed by atoms with Gasteiger partial charge in [0.25, 0.3) is 0 Å². The first-order chi connectivity index (χ1) is 8.58. The molecule has 0 amide bonds. The van der Waals surface area contributed by atoms with Crippen LogP contribution in [0.1, 0.15) is 43.7 Å². The van der Waals surface area contributed by atoms with Gasteiger partial charge in [-0.1, -0.05) is 37.5 Å². The zero-order valence-electron chi connectivity index (χ0n) is 11.6. The maximum atomic E-state index is 12.1. The van der Waals surface area contributed by atoms with E-state index in [2.05, 4.69) is 37.4 Å². The van der Waals surface area contributed by atoms with Crippen molar-refractivity contribution in [2.45, 2.75) is 52.5 Å². The molecule has 0 heterocycles. The summed E-state index contributed by atoms with van der Waals surface area (Å²) in [7, 11) is 0.